The molecule has 0 aliphatic carbocycles. The van der Waals surface area contributed by atoms with Gasteiger partial charge < -0.3 is 5.32 Å². The fourth-order valence-electron chi connectivity index (χ4n) is 1.41. The molecule has 0 saturated carbocycles. The molecule has 0 heterocycles. The first-order chi connectivity index (χ1) is 9.46. The Labute approximate surface area is 122 Å². The van der Waals surface area contributed by atoms with Crippen molar-refractivity contribution in [3.8, 4) is 6.07 Å². The van der Waals surface area contributed by atoms with Crippen molar-refractivity contribution >= 4 is 27.5 Å². The number of nitriles is 1. The number of benzene rings is 1. The molecule has 3 nitrogen and oxygen atoms in total. The fourth-order valence-corrected chi connectivity index (χ4v) is 1.77. The van der Waals surface area contributed by atoms with E-state index in [0.717, 1.165) is 12.1 Å². The van der Waals surface area contributed by atoms with Gasteiger partial charge >= 0.3 is 12.4 Å². The highest BCUT2D eigenvalue weighted by atomic mass is 79.9. The van der Waals surface area contributed by atoms with E-state index < -0.39 is 29.9 Å². The van der Waals surface area contributed by atoms with E-state index in [-0.39, 0.29) is 10.0 Å². The van der Waals surface area contributed by atoms with E-state index in [1.54, 1.807) is 6.07 Å². The molecule has 0 aromatic heterocycles. The summed E-state index contributed by atoms with van der Waals surface area (Å²) >= 11 is 2.93. The van der Waals surface area contributed by atoms with E-state index in [0.29, 0.717) is 0 Å². The minimum Gasteiger partial charge on any atom is -0.324 e. The first-order valence-electron chi connectivity index (χ1n) is 5.10. The van der Waals surface area contributed by atoms with Crippen molar-refractivity contribution in [3.05, 3.63) is 28.2 Å². The number of amides is 1. The first-order valence-corrected chi connectivity index (χ1v) is 5.90. The van der Waals surface area contributed by atoms with Crippen molar-refractivity contribution in [2.45, 2.75) is 12.4 Å². The summed E-state index contributed by atoms with van der Waals surface area (Å²) in [5.74, 6) is -6.47. The number of carbonyl (C=O) groups excluding carboxylic acids is 1. The van der Waals surface area contributed by atoms with E-state index >= 15 is 0 Å². The maximum atomic E-state index is 12.4. The van der Waals surface area contributed by atoms with Crippen LogP contribution in [0.25, 0.3) is 0 Å². The molecular weight excluding hydrogens is 370 g/mol. The van der Waals surface area contributed by atoms with Crippen LogP contribution in [0.3, 0.4) is 0 Å². The number of hydrogen-bond donors (Lipinski definition) is 1. The number of nitrogens with one attached hydrogen (secondary N) is 1. The molecule has 1 rings (SSSR count). The van der Waals surface area contributed by atoms with Gasteiger partial charge in [-0.1, -0.05) is 15.9 Å². The molecule has 0 unspecified atom stereocenters. The lowest BCUT2D eigenvalue weighted by molar-refractivity contribution is -0.272. The van der Waals surface area contributed by atoms with Gasteiger partial charge in [0.2, 0.25) is 11.8 Å². The zero-order chi connectivity index (χ0) is 16.4. The highest BCUT2D eigenvalue weighted by Crippen LogP contribution is 2.40. The van der Waals surface area contributed by atoms with Gasteiger partial charge in [0.25, 0.3) is 0 Å². The van der Waals surface area contributed by atoms with Gasteiger partial charge in [0, 0.05) is 4.47 Å². The first kappa shape index (κ1) is 17.3. The van der Waals surface area contributed by atoms with Crippen molar-refractivity contribution in [2.24, 2.45) is 5.92 Å². The third-order valence-electron chi connectivity index (χ3n) is 2.28. The quantitative estimate of drug-likeness (QED) is 0.795. The van der Waals surface area contributed by atoms with E-state index in [1.807, 2.05) is 0 Å². The summed E-state index contributed by atoms with van der Waals surface area (Å²) in [6.07, 6.45) is -11.6. The fraction of sp³-hybridized carbons (Fsp3) is 0.273. The Morgan fingerprint density at radius 1 is 1.19 bits per heavy atom. The standard InChI is InChI=1S/C11H5BrF6N2O/c12-6-2-1-5(4-19)7(3-6)20-9(21)8(10(13,14)15)11(16,17)18/h1-3,8H,(H,20,21). The maximum Gasteiger partial charge on any atom is 0.409 e. The number of hydrogen-bond acceptors (Lipinski definition) is 2. The summed E-state index contributed by atoms with van der Waals surface area (Å²) in [6, 6.07) is 5.06. The lowest BCUT2D eigenvalue weighted by atomic mass is 10.1. The smallest absolute Gasteiger partial charge is 0.324 e. The molecule has 0 fully saturated rings. The van der Waals surface area contributed by atoms with Crippen molar-refractivity contribution in [2.75, 3.05) is 5.32 Å². The van der Waals surface area contributed by atoms with E-state index in [2.05, 4.69) is 15.9 Å². The number of rotatable bonds is 2. The molecule has 1 aromatic carbocycles. The van der Waals surface area contributed by atoms with Crippen LogP contribution in [0.15, 0.2) is 22.7 Å². The molecule has 0 bridgehead atoms. The van der Waals surface area contributed by atoms with Crippen LogP contribution in [-0.4, -0.2) is 18.3 Å². The van der Waals surface area contributed by atoms with Gasteiger partial charge in [-0.15, -0.1) is 0 Å². The summed E-state index contributed by atoms with van der Waals surface area (Å²) in [5.41, 5.74) is -0.718. The largest absolute Gasteiger partial charge is 0.409 e. The predicted octanol–water partition coefficient (Wildman–Crippen LogP) is 4.00. The minimum atomic E-state index is -5.79. The molecule has 0 aliphatic heterocycles. The van der Waals surface area contributed by atoms with Crippen molar-refractivity contribution in [1.82, 2.24) is 0 Å². The normalized spacial score (nSPS) is 12.1. The zero-order valence-electron chi connectivity index (χ0n) is 9.81. The Kier molecular flexibility index (Phi) is 4.88. The van der Waals surface area contributed by atoms with E-state index in [1.165, 1.54) is 11.4 Å². The summed E-state index contributed by atoms with van der Waals surface area (Å²) in [4.78, 5) is 11.3. The summed E-state index contributed by atoms with van der Waals surface area (Å²) < 4.78 is 74.5. The third-order valence-corrected chi connectivity index (χ3v) is 2.77. The van der Waals surface area contributed by atoms with Gasteiger partial charge in [0.05, 0.1) is 11.3 Å². The van der Waals surface area contributed by atoms with E-state index in [4.69, 9.17) is 5.26 Å². The Morgan fingerprint density at radius 3 is 2.14 bits per heavy atom. The Hall–Kier alpha value is -1.76. The number of halogens is 7. The van der Waals surface area contributed by atoms with Gasteiger partial charge in [-0.05, 0) is 18.2 Å². The molecule has 1 N–H and O–H groups in total. The second-order valence-electron chi connectivity index (χ2n) is 3.81. The molecule has 0 atom stereocenters. The van der Waals surface area contributed by atoms with Crippen LogP contribution in [0.4, 0.5) is 32.0 Å². The number of alkyl halides is 6. The SMILES string of the molecule is N#Cc1ccc(Br)cc1NC(=O)C(C(F)(F)F)C(F)(F)F. The topological polar surface area (TPSA) is 52.9 Å². The molecule has 21 heavy (non-hydrogen) atoms. The van der Waals surface area contributed by atoms with Crippen LogP contribution in [-0.2, 0) is 4.79 Å². The van der Waals surface area contributed by atoms with Crippen LogP contribution < -0.4 is 5.32 Å². The van der Waals surface area contributed by atoms with Gasteiger partial charge in [-0.25, -0.2) is 0 Å². The third kappa shape index (κ3) is 4.35. The average molecular weight is 375 g/mol. The lowest BCUT2D eigenvalue weighted by Crippen LogP contribution is -2.45. The molecule has 0 aliphatic rings. The van der Waals surface area contributed by atoms with Crippen LogP contribution in [0, 0.1) is 17.2 Å². The Balaban J connectivity index is 3.15. The second kappa shape index (κ2) is 5.93. The highest BCUT2D eigenvalue weighted by molar-refractivity contribution is 9.10. The Morgan fingerprint density at radius 2 is 1.71 bits per heavy atom. The van der Waals surface area contributed by atoms with Crippen LogP contribution in [0.2, 0.25) is 0 Å². The Bertz CT molecular complexity index is 576. The molecule has 114 valence electrons. The monoisotopic (exact) mass is 374 g/mol. The summed E-state index contributed by atoms with van der Waals surface area (Å²) in [7, 11) is 0. The maximum absolute atomic E-state index is 12.4. The van der Waals surface area contributed by atoms with Crippen molar-refractivity contribution in [3.63, 3.8) is 0 Å². The molecule has 10 heteroatoms. The van der Waals surface area contributed by atoms with Crippen molar-refractivity contribution in [1.29, 1.82) is 5.26 Å². The molecular formula is C11H5BrF6N2O. The van der Waals surface area contributed by atoms with Crippen LogP contribution in [0.5, 0.6) is 0 Å². The van der Waals surface area contributed by atoms with Crippen LogP contribution >= 0.6 is 15.9 Å². The van der Waals surface area contributed by atoms with Gasteiger partial charge in [0.15, 0.2) is 0 Å². The number of nitrogens with zero attached hydrogens (tertiary/aromatic N) is 1. The lowest BCUT2D eigenvalue weighted by Gasteiger charge is -2.22. The average Bonchev–Trinajstić information content (AvgIpc) is 2.24. The second-order valence-corrected chi connectivity index (χ2v) is 4.72. The van der Waals surface area contributed by atoms with Gasteiger partial charge in [0.1, 0.15) is 6.07 Å². The summed E-state index contributed by atoms with van der Waals surface area (Å²) in [6.45, 7) is 0. The van der Waals surface area contributed by atoms with E-state index in [9.17, 15) is 31.1 Å². The van der Waals surface area contributed by atoms with Crippen LogP contribution in [0.1, 0.15) is 5.56 Å². The molecule has 1 aromatic rings. The molecule has 0 radical (unpaired) electrons. The molecule has 0 saturated heterocycles. The predicted molar refractivity (Wildman–Crippen MR) is 63.1 cm³/mol. The van der Waals surface area contributed by atoms with Crippen molar-refractivity contribution < 1.29 is 31.1 Å². The zero-order valence-corrected chi connectivity index (χ0v) is 11.4. The molecule has 1 amide bonds. The highest BCUT2D eigenvalue weighted by Gasteiger charge is 2.61. The number of anilines is 1. The minimum absolute atomic E-state index is 0.269. The van der Waals surface area contributed by atoms with Gasteiger partial charge in [-0.3, -0.25) is 4.79 Å². The molecule has 0 spiro atoms. The summed E-state index contributed by atoms with van der Waals surface area (Å²) in [5, 5.41) is 10.2. The van der Waals surface area contributed by atoms with Gasteiger partial charge in [-0.2, -0.15) is 31.6 Å². The number of carbonyl (C=O) groups is 1.